The Bertz CT molecular complexity index is 614. The molecule has 112 valence electrons. The highest BCUT2D eigenvalue weighted by Crippen LogP contribution is 2.30. The van der Waals surface area contributed by atoms with E-state index in [9.17, 15) is 0 Å². The zero-order valence-electron chi connectivity index (χ0n) is 12.2. The molecule has 7 heteroatoms. The number of hydrogen-bond donors (Lipinski definition) is 1. The van der Waals surface area contributed by atoms with Gasteiger partial charge in [0.25, 0.3) is 0 Å². The lowest BCUT2D eigenvalue weighted by molar-refractivity contribution is -0.0317. The molecule has 0 aliphatic carbocycles. The molecule has 0 spiro atoms. The number of aromatic nitrogens is 4. The van der Waals surface area contributed by atoms with Gasteiger partial charge < -0.3 is 15.2 Å². The Balaban J connectivity index is 1.98. The predicted molar refractivity (Wildman–Crippen MR) is 77.6 cm³/mol. The van der Waals surface area contributed by atoms with E-state index in [1.54, 1.807) is 11.8 Å². The first kappa shape index (κ1) is 14.0. The number of nitrogens with zero attached hydrogens (tertiary/aromatic N) is 4. The summed E-state index contributed by atoms with van der Waals surface area (Å²) in [6.45, 7) is 3.78. The lowest BCUT2D eigenvalue weighted by atomic mass is 10.0. The molecule has 1 aromatic carbocycles. The van der Waals surface area contributed by atoms with E-state index in [0.717, 1.165) is 17.5 Å². The van der Waals surface area contributed by atoms with Crippen LogP contribution in [-0.2, 0) is 16.0 Å². The van der Waals surface area contributed by atoms with Crippen LogP contribution in [0.1, 0.15) is 12.0 Å². The molecule has 0 amide bonds. The molecular formula is C14H19N5O2. The first-order chi connectivity index (χ1) is 10.2. The van der Waals surface area contributed by atoms with E-state index in [1.807, 2.05) is 25.1 Å². The van der Waals surface area contributed by atoms with Crippen LogP contribution < -0.4 is 5.73 Å². The predicted octanol–water partition coefficient (Wildman–Crippen LogP) is 1.04. The topological polar surface area (TPSA) is 88.1 Å². The van der Waals surface area contributed by atoms with Gasteiger partial charge >= 0.3 is 0 Å². The molecule has 0 radical (unpaired) electrons. The molecule has 2 aromatic rings. The van der Waals surface area contributed by atoms with Gasteiger partial charge in [-0.15, -0.1) is 5.10 Å². The van der Waals surface area contributed by atoms with E-state index >= 15 is 0 Å². The third-order valence-corrected chi connectivity index (χ3v) is 4.00. The zero-order valence-corrected chi connectivity index (χ0v) is 12.2. The maximum Gasteiger partial charge on any atom is 0.184 e. The number of nitrogen functional groups attached to an aromatic ring is 1. The van der Waals surface area contributed by atoms with Gasteiger partial charge in [-0.2, -0.15) is 0 Å². The van der Waals surface area contributed by atoms with Crippen molar-refractivity contribution in [3.63, 3.8) is 0 Å². The van der Waals surface area contributed by atoms with Gasteiger partial charge in [0.15, 0.2) is 5.82 Å². The first-order valence-corrected chi connectivity index (χ1v) is 6.90. The van der Waals surface area contributed by atoms with Gasteiger partial charge in [-0.05, 0) is 29.0 Å². The van der Waals surface area contributed by atoms with Gasteiger partial charge in [0.1, 0.15) is 5.60 Å². The summed E-state index contributed by atoms with van der Waals surface area (Å²) in [5.74, 6) is 0.661. The van der Waals surface area contributed by atoms with E-state index in [-0.39, 0.29) is 5.60 Å². The maximum absolute atomic E-state index is 6.09. The molecule has 2 N–H and O–H groups in total. The van der Waals surface area contributed by atoms with Crippen molar-refractivity contribution < 1.29 is 9.47 Å². The van der Waals surface area contributed by atoms with E-state index in [1.165, 1.54) is 0 Å². The SMILES string of the molecule is COC1(Cn2nnnc2-c2c(C)cccc2N)CCOC1. The Hall–Kier alpha value is -1.99. The number of nitrogens with two attached hydrogens (primary N) is 1. The molecule has 1 aromatic heterocycles. The van der Waals surface area contributed by atoms with Crippen molar-refractivity contribution in [2.75, 3.05) is 26.1 Å². The average Bonchev–Trinajstić information content (AvgIpc) is 3.10. The second-order valence-corrected chi connectivity index (χ2v) is 5.39. The Morgan fingerprint density at radius 3 is 3.00 bits per heavy atom. The largest absolute Gasteiger partial charge is 0.398 e. The van der Waals surface area contributed by atoms with Crippen LogP contribution in [0.25, 0.3) is 11.4 Å². The molecule has 1 atom stereocenters. The van der Waals surface area contributed by atoms with Crippen LogP contribution in [0.4, 0.5) is 5.69 Å². The molecule has 1 saturated heterocycles. The molecule has 1 aliphatic heterocycles. The van der Waals surface area contributed by atoms with Crippen LogP contribution in [0.3, 0.4) is 0 Å². The fraction of sp³-hybridized carbons (Fsp3) is 0.500. The summed E-state index contributed by atoms with van der Waals surface area (Å²) < 4.78 is 12.9. The third kappa shape index (κ3) is 2.50. The quantitative estimate of drug-likeness (QED) is 0.846. The maximum atomic E-state index is 6.09. The minimum absolute atomic E-state index is 0.373. The molecule has 0 saturated carbocycles. The van der Waals surface area contributed by atoms with Crippen molar-refractivity contribution >= 4 is 5.69 Å². The van der Waals surface area contributed by atoms with Crippen molar-refractivity contribution in [2.24, 2.45) is 0 Å². The molecule has 1 fully saturated rings. The summed E-state index contributed by atoms with van der Waals surface area (Å²) in [5, 5.41) is 12.0. The molecule has 21 heavy (non-hydrogen) atoms. The molecule has 2 heterocycles. The summed E-state index contributed by atoms with van der Waals surface area (Å²) in [6.07, 6.45) is 0.825. The van der Waals surface area contributed by atoms with Crippen molar-refractivity contribution in [1.29, 1.82) is 0 Å². The first-order valence-electron chi connectivity index (χ1n) is 6.90. The normalized spacial score (nSPS) is 21.8. The number of tetrazole rings is 1. The summed E-state index contributed by atoms with van der Waals surface area (Å²) in [4.78, 5) is 0. The lowest BCUT2D eigenvalue weighted by Crippen LogP contribution is -2.37. The fourth-order valence-electron chi connectivity index (χ4n) is 2.70. The van der Waals surface area contributed by atoms with Crippen LogP contribution in [0.2, 0.25) is 0 Å². The highest BCUT2D eigenvalue weighted by Gasteiger charge is 2.36. The molecule has 3 rings (SSSR count). The monoisotopic (exact) mass is 289 g/mol. The van der Waals surface area contributed by atoms with E-state index in [2.05, 4.69) is 15.5 Å². The van der Waals surface area contributed by atoms with Gasteiger partial charge in [0, 0.05) is 31.4 Å². The minimum atomic E-state index is -0.373. The Morgan fingerprint density at radius 1 is 1.48 bits per heavy atom. The van der Waals surface area contributed by atoms with Gasteiger partial charge in [0.05, 0.1) is 13.2 Å². The number of benzene rings is 1. The fourth-order valence-corrected chi connectivity index (χ4v) is 2.70. The van der Waals surface area contributed by atoms with Crippen molar-refractivity contribution in [1.82, 2.24) is 20.2 Å². The minimum Gasteiger partial charge on any atom is -0.398 e. The third-order valence-electron chi connectivity index (χ3n) is 4.00. The number of methoxy groups -OCH3 is 1. The van der Waals surface area contributed by atoms with Gasteiger partial charge in [-0.3, -0.25) is 0 Å². The Labute approximate surface area is 123 Å². The van der Waals surface area contributed by atoms with Crippen LogP contribution in [-0.4, -0.2) is 46.1 Å². The smallest absolute Gasteiger partial charge is 0.184 e. The van der Waals surface area contributed by atoms with Crippen molar-refractivity contribution in [3.8, 4) is 11.4 Å². The molecule has 1 unspecified atom stereocenters. The Morgan fingerprint density at radius 2 is 2.33 bits per heavy atom. The number of aryl methyl sites for hydroxylation is 1. The van der Waals surface area contributed by atoms with Gasteiger partial charge in [-0.1, -0.05) is 12.1 Å². The van der Waals surface area contributed by atoms with Crippen LogP contribution >= 0.6 is 0 Å². The van der Waals surface area contributed by atoms with Crippen LogP contribution in [0.15, 0.2) is 18.2 Å². The highest BCUT2D eigenvalue weighted by molar-refractivity contribution is 5.74. The number of anilines is 1. The summed E-state index contributed by atoms with van der Waals surface area (Å²) in [6, 6.07) is 5.77. The molecule has 0 bridgehead atoms. The summed E-state index contributed by atoms with van der Waals surface area (Å²) in [5.41, 5.74) is 8.29. The summed E-state index contributed by atoms with van der Waals surface area (Å²) >= 11 is 0. The molecular weight excluding hydrogens is 270 g/mol. The highest BCUT2D eigenvalue weighted by atomic mass is 16.5. The van der Waals surface area contributed by atoms with Crippen molar-refractivity contribution in [3.05, 3.63) is 23.8 Å². The standard InChI is InChI=1S/C14H19N5O2/c1-10-4-3-5-11(15)12(10)13-16-17-18-19(13)8-14(20-2)6-7-21-9-14/h3-5H,6-9,15H2,1-2H3. The number of ether oxygens (including phenoxy) is 2. The van der Waals surface area contributed by atoms with Gasteiger partial charge in [-0.25, -0.2) is 4.68 Å². The lowest BCUT2D eigenvalue weighted by Gasteiger charge is -2.25. The number of rotatable bonds is 4. The van der Waals surface area contributed by atoms with Crippen LogP contribution in [0, 0.1) is 6.92 Å². The molecule has 7 nitrogen and oxygen atoms in total. The van der Waals surface area contributed by atoms with Crippen LogP contribution in [0.5, 0.6) is 0 Å². The van der Waals surface area contributed by atoms with E-state index < -0.39 is 0 Å². The Kier molecular flexibility index (Phi) is 3.60. The molecule has 1 aliphatic rings. The zero-order chi connectivity index (χ0) is 14.9. The average molecular weight is 289 g/mol. The second kappa shape index (κ2) is 5.42. The van der Waals surface area contributed by atoms with E-state index in [0.29, 0.717) is 31.3 Å². The number of hydrogen-bond acceptors (Lipinski definition) is 6. The van der Waals surface area contributed by atoms with Gasteiger partial charge in [0.2, 0.25) is 0 Å². The van der Waals surface area contributed by atoms with E-state index in [4.69, 9.17) is 15.2 Å². The second-order valence-electron chi connectivity index (χ2n) is 5.39. The van der Waals surface area contributed by atoms with Crippen molar-refractivity contribution in [2.45, 2.75) is 25.5 Å². The summed E-state index contributed by atoms with van der Waals surface area (Å²) in [7, 11) is 1.70.